The highest BCUT2D eigenvalue weighted by Crippen LogP contribution is 2.46. The van der Waals surface area contributed by atoms with Gasteiger partial charge in [0.15, 0.2) is 5.17 Å². The second kappa shape index (κ2) is 8.71. The number of carbonyl (C=O) groups excluding carboxylic acids is 1. The largest absolute Gasteiger partial charge is 0.492 e. The molecule has 162 valence electrons. The molecule has 2 aliphatic rings. The van der Waals surface area contributed by atoms with Crippen LogP contribution in [-0.2, 0) is 4.79 Å². The Hall–Kier alpha value is -3.25. The van der Waals surface area contributed by atoms with E-state index in [0.717, 1.165) is 39.8 Å². The number of amidine groups is 1. The second-order valence-corrected chi connectivity index (χ2v) is 8.76. The van der Waals surface area contributed by atoms with Gasteiger partial charge in [0.25, 0.3) is 0 Å². The molecule has 6 heteroatoms. The highest BCUT2D eigenvalue weighted by Gasteiger charge is 2.41. The van der Waals surface area contributed by atoms with Gasteiger partial charge in [-0.25, -0.2) is 4.99 Å². The van der Waals surface area contributed by atoms with E-state index < -0.39 is 5.92 Å². The van der Waals surface area contributed by atoms with Crippen LogP contribution in [0.5, 0.6) is 17.2 Å². The van der Waals surface area contributed by atoms with Gasteiger partial charge in [0, 0.05) is 22.9 Å². The minimum Gasteiger partial charge on any atom is -0.492 e. The molecule has 0 radical (unpaired) electrons. The molecule has 3 aromatic rings. The van der Waals surface area contributed by atoms with Gasteiger partial charge in [-0.05, 0) is 38.1 Å². The number of carbonyl (C=O) groups is 1. The molecule has 0 unspecified atom stereocenters. The topological polar surface area (TPSA) is 51.1 Å². The number of benzene rings is 3. The third-order valence-corrected chi connectivity index (χ3v) is 6.84. The number of fused-ring (bicyclic) bond motifs is 2. The first-order chi connectivity index (χ1) is 15.7. The molecule has 3 aromatic carbocycles. The molecule has 0 saturated carbocycles. The highest BCUT2D eigenvalue weighted by atomic mass is 32.2. The average Bonchev–Trinajstić information content (AvgIpc) is 3.18. The number of rotatable bonds is 4. The molecule has 0 aromatic heterocycles. The van der Waals surface area contributed by atoms with E-state index in [2.05, 4.69) is 6.92 Å². The fraction of sp³-hybridized carbons (Fsp3) is 0.231. The predicted octanol–water partition coefficient (Wildman–Crippen LogP) is 5.97. The van der Waals surface area contributed by atoms with Crippen molar-refractivity contribution in [2.45, 2.75) is 25.8 Å². The van der Waals surface area contributed by atoms with Crippen molar-refractivity contribution in [2.75, 3.05) is 12.4 Å². The van der Waals surface area contributed by atoms with E-state index in [4.69, 9.17) is 14.5 Å². The maximum absolute atomic E-state index is 14.1. The number of thioether (sulfide) groups is 1. The lowest BCUT2D eigenvalue weighted by Crippen LogP contribution is -2.41. The van der Waals surface area contributed by atoms with Crippen LogP contribution in [0.3, 0.4) is 0 Å². The van der Waals surface area contributed by atoms with Gasteiger partial charge >= 0.3 is 0 Å². The van der Waals surface area contributed by atoms with E-state index in [9.17, 15) is 4.79 Å². The van der Waals surface area contributed by atoms with Crippen molar-refractivity contribution in [1.82, 2.24) is 4.90 Å². The monoisotopic (exact) mass is 444 g/mol. The first-order valence-electron chi connectivity index (χ1n) is 10.8. The first-order valence-corrected chi connectivity index (χ1v) is 11.8. The number of para-hydroxylation sites is 4. The second-order valence-electron chi connectivity index (χ2n) is 7.77. The van der Waals surface area contributed by atoms with Crippen molar-refractivity contribution in [3.63, 3.8) is 0 Å². The van der Waals surface area contributed by atoms with Crippen molar-refractivity contribution in [3.05, 3.63) is 83.9 Å². The Morgan fingerprint density at radius 1 is 1.03 bits per heavy atom. The van der Waals surface area contributed by atoms with Gasteiger partial charge in [-0.3, -0.25) is 9.69 Å². The van der Waals surface area contributed by atoms with Crippen molar-refractivity contribution < 1.29 is 14.3 Å². The van der Waals surface area contributed by atoms with E-state index in [-0.39, 0.29) is 11.9 Å². The van der Waals surface area contributed by atoms with Crippen LogP contribution in [0.25, 0.3) is 0 Å². The summed E-state index contributed by atoms with van der Waals surface area (Å²) in [6.07, 6.45) is 0. The van der Waals surface area contributed by atoms with Crippen LogP contribution < -0.4 is 9.47 Å². The summed E-state index contributed by atoms with van der Waals surface area (Å²) in [7, 11) is 0. The highest BCUT2D eigenvalue weighted by molar-refractivity contribution is 8.14. The lowest BCUT2D eigenvalue weighted by Gasteiger charge is -2.31. The van der Waals surface area contributed by atoms with E-state index in [1.54, 1.807) is 11.8 Å². The summed E-state index contributed by atoms with van der Waals surface area (Å²) in [4.78, 5) is 20.8. The summed E-state index contributed by atoms with van der Waals surface area (Å²) in [6, 6.07) is 23.3. The Labute approximate surface area is 192 Å². The molecule has 1 fully saturated rings. The smallest absolute Gasteiger partial charge is 0.241 e. The number of nitrogens with zero attached hydrogens (tertiary/aromatic N) is 2. The summed E-state index contributed by atoms with van der Waals surface area (Å²) in [5.41, 5.74) is 2.50. The number of ether oxygens (including phenoxy) is 2. The molecule has 0 aliphatic carbocycles. The standard InChI is InChI=1S/C26H24N2O3S/c1-3-30-23-15-9-6-12-20(23)27-26-28(17(2)16-32-26)25(29)24-18-10-4-7-13-21(18)31-22-14-8-5-11-19(22)24/h4-15,17,24H,3,16H2,1-2H3/t17-/m1/s1. The zero-order chi connectivity index (χ0) is 22.1. The van der Waals surface area contributed by atoms with Gasteiger partial charge in [0.05, 0.1) is 12.5 Å². The van der Waals surface area contributed by atoms with Crippen molar-refractivity contribution >= 4 is 28.5 Å². The Morgan fingerprint density at radius 2 is 1.66 bits per heavy atom. The molecule has 0 N–H and O–H groups in total. The molecule has 32 heavy (non-hydrogen) atoms. The van der Waals surface area contributed by atoms with Crippen LogP contribution in [0.2, 0.25) is 0 Å². The van der Waals surface area contributed by atoms with Gasteiger partial charge in [-0.2, -0.15) is 0 Å². The fourth-order valence-corrected chi connectivity index (χ4v) is 5.28. The van der Waals surface area contributed by atoms with Crippen molar-refractivity contribution in [3.8, 4) is 17.2 Å². The maximum Gasteiger partial charge on any atom is 0.241 e. The van der Waals surface area contributed by atoms with Gasteiger partial charge < -0.3 is 9.47 Å². The summed E-state index contributed by atoms with van der Waals surface area (Å²) in [5, 5.41) is 0.705. The van der Waals surface area contributed by atoms with Crippen molar-refractivity contribution in [2.24, 2.45) is 4.99 Å². The van der Waals surface area contributed by atoms with E-state index in [1.807, 2.05) is 84.6 Å². The third kappa shape index (κ3) is 3.65. The van der Waals surface area contributed by atoms with Crippen LogP contribution in [-0.4, -0.2) is 34.4 Å². The van der Waals surface area contributed by atoms with Crippen LogP contribution in [0, 0.1) is 0 Å². The Morgan fingerprint density at radius 3 is 2.34 bits per heavy atom. The maximum atomic E-state index is 14.1. The molecule has 1 amide bonds. The number of hydrogen-bond acceptors (Lipinski definition) is 5. The van der Waals surface area contributed by atoms with E-state index in [1.165, 1.54) is 0 Å². The number of aliphatic imine (C=N–C) groups is 1. The molecule has 5 rings (SSSR count). The average molecular weight is 445 g/mol. The van der Waals surface area contributed by atoms with E-state index in [0.29, 0.717) is 11.8 Å². The Bertz CT molecular complexity index is 1150. The van der Waals surface area contributed by atoms with Crippen LogP contribution >= 0.6 is 11.8 Å². The minimum absolute atomic E-state index is 0.0124. The molecule has 2 aliphatic heterocycles. The normalized spacial score (nSPS) is 18.8. The minimum atomic E-state index is -0.440. The van der Waals surface area contributed by atoms with Gasteiger partial charge in [-0.1, -0.05) is 60.3 Å². The first kappa shape index (κ1) is 20.6. The number of amides is 1. The summed E-state index contributed by atoms with van der Waals surface area (Å²) >= 11 is 1.60. The zero-order valence-corrected chi connectivity index (χ0v) is 18.8. The third-order valence-electron chi connectivity index (χ3n) is 5.65. The van der Waals surface area contributed by atoms with Crippen molar-refractivity contribution in [1.29, 1.82) is 0 Å². The lowest BCUT2D eigenvalue weighted by atomic mass is 9.86. The summed E-state index contributed by atoms with van der Waals surface area (Å²) in [5.74, 6) is 2.54. The molecule has 5 nitrogen and oxygen atoms in total. The van der Waals surface area contributed by atoms with Crippen LogP contribution in [0.4, 0.5) is 5.69 Å². The quantitative estimate of drug-likeness (QED) is 0.497. The summed E-state index contributed by atoms with van der Waals surface area (Å²) < 4.78 is 11.8. The predicted molar refractivity (Wildman–Crippen MR) is 128 cm³/mol. The zero-order valence-electron chi connectivity index (χ0n) is 18.0. The fourth-order valence-electron chi connectivity index (χ4n) is 4.17. The van der Waals surface area contributed by atoms with Crippen LogP contribution in [0.1, 0.15) is 30.9 Å². The molecule has 1 saturated heterocycles. The molecular weight excluding hydrogens is 420 g/mol. The number of hydrogen-bond donors (Lipinski definition) is 0. The van der Waals surface area contributed by atoms with Crippen LogP contribution in [0.15, 0.2) is 77.8 Å². The summed E-state index contributed by atoms with van der Waals surface area (Å²) in [6.45, 7) is 4.58. The van der Waals surface area contributed by atoms with E-state index >= 15 is 0 Å². The molecule has 0 bridgehead atoms. The lowest BCUT2D eigenvalue weighted by molar-refractivity contribution is -0.128. The molecule has 2 heterocycles. The van der Waals surface area contributed by atoms with Gasteiger partial charge in [0.2, 0.25) is 5.91 Å². The molecular formula is C26H24N2O3S. The Balaban J connectivity index is 1.57. The molecule has 1 atom stereocenters. The SMILES string of the molecule is CCOc1ccccc1N=C1SC[C@@H](C)N1C(=O)C1c2ccccc2Oc2ccccc21. The van der Waals surface area contributed by atoms with Gasteiger partial charge in [0.1, 0.15) is 22.9 Å². The Kier molecular flexibility index (Phi) is 5.62. The van der Waals surface area contributed by atoms with Gasteiger partial charge in [-0.15, -0.1) is 0 Å². The molecule has 0 spiro atoms.